The second kappa shape index (κ2) is 17.9. The Balaban J connectivity index is 1.58. The van der Waals surface area contributed by atoms with Crippen molar-refractivity contribution in [3.63, 3.8) is 0 Å². The van der Waals surface area contributed by atoms with Gasteiger partial charge in [-0.15, -0.1) is 6.42 Å². The van der Waals surface area contributed by atoms with E-state index < -0.39 is 92.7 Å². The fourth-order valence-corrected chi connectivity index (χ4v) is 9.29. The van der Waals surface area contributed by atoms with E-state index in [4.69, 9.17) is 11.2 Å². The normalized spacial score (nSPS) is 13.5. The predicted molar refractivity (Wildman–Crippen MR) is 195 cm³/mol. The number of esters is 1. The van der Waals surface area contributed by atoms with Crippen molar-refractivity contribution in [1.82, 2.24) is 4.90 Å². The summed E-state index contributed by atoms with van der Waals surface area (Å²) in [6, 6.07) is 32.8. The number of alkyl halides is 17. The van der Waals surface area contributed by atoms with Crippen LogP contribution in [-0.2, 0) is 9.53 Å². The van der Waals surface area contributed by atoms with Gasteiger partial charge >= 0.3 is 53.6 Å². The average Bonchev–Trinajstić information content (AvgIpc) is 3.22. The number of amides is 1. The van der Waals surface area contributed by atoms with Crippen molar-refractivity contribution in [2.24, 2.45) is 4.74 Å². The number of rotatable bonds is 17. The molecule has 4 aromatic carbocycles. The second-order valence-electron chi connectivity index (χ2n) is 13.3. The molecular formula is C40H28F17N2O3P. The molecule has 0 radical (unpaired) electrons. The Labute approximate surface area is 345 Å². The van der Waals surface area contributed by atoms with Crippen LogP contribution in [-0.4, -0.2) is 84.1 Å². The van der Waals surface area contributed by atoms with Crippen LogP contribution in [0.4, 0.5) is 80.3 Å². The van der Waals surface area contributed by atoms with Gasteiger partial charge in [0.2, 0.25) is 0 Å². The van der Waals surface area contributed by atoms with Gasteiger partial charge in [-0.05, 0) is 18.2 Å². The highest BCUT2D eigenvalue weighted by atomic mass is 31.2. The summed E-state index contributed by atoms with van der Waals surface area (Å²) >= 11 is 0. The Morgan fingerprint density at radius 2 is 0.984 bits per heavy atom. The third-order valence-corrected chi connectivity index (χ3v) is 12.8. The first-order chi connectivity index (χ1) is 29.0. The van der Waals surface area contributed by atoms with Gasteiger partial charge in [0.1, 0.15) is 6.54 Å². The largest absolute Gasteiger partial charge is 0.464 e. The van der Waals surface area contributed by atoms with Crippen LogP contribution in [0.3, 0.4) is 0 Å². The summed E-state index contributed by atoms with van der Waals surface area (Å²) in [7, 11) is -2.92. The maximum absolute atomic E-state index is 14.4. The van der Waals surface area contributed by atoms with Crippen molar-refractivity contribution in [2.75, 3.05) is 19.7 Å². The van der Waals surface area contributed by atoms with Crippen LogP contribution in [0.5, 0.6) is 0 Å². The number of nitrogens with zero attached hydrogens (tertiary/aromatic N) is 2. The quantitative estimate of drug-likeness (QED) is 0.0459. The van der Waals surface area contributed by atoms with E-state index in [-0.39, 0.29) is 11.3 Å². The summed E-state index contributed by atoms with van der Waals surface area (Å²) < 4.78 is 241. The van der Waals surface area contributed by atoms with Gasteiger partial charge in [-0.1, -0.05) is 103 Å². The molecule has 0 aliphatic heterocycles. The van der Waals surface area contributed by atoms with Gasteiger partial charge in [0.05, 0.1) is 32.3 Å². The number of ether oxygens (including phenoxy) is 1. The number of benzene rings is 4. The number of halogens is 17. The fraction of sp³-hybridized carbons (Fsp3) is 0.300. The van der Waals surface area contributed by atoms with Crippen LogP contribution in [0, 0.1) is 12.3 Å². The van der Waals surface area contributed by atoms with Crippen LogP contribution in [0.1, 0.15) is 16.8 Å². The molecule has 0 N–H and O–H groups in total. The van der Waals surface area contributed by atoms with Gasteiger partial charge in [-0.2, -0.15) is 74.6 Å². The molecule has 0 fully saturated rings. The maximum Gasteiger partial charge on any atom is 0.460 e. The van der Waals surface area contributed by atoms with E-state index in [1.165, 1.54) is 18.2 Å². The minimum Gasteiger partial charge on any atom is -0.464 e. The SMILES string of the molecule is C#CCN(CC(=O)OCCC(F)(F)C(F)(F)C(F)(F)C(F)(F)C(F)(F)C(F)(F)C(F)(F)C(F)(F)F)C(=O)c1cccc(N=P(c2ccccc2)(c2ccccc2)c2ccccc2)c1. The van der Waals surface area contributed by atoms with Crippen molar-refractivity contribution in [1.29, 1.82) is 0 Å². The molecule has 0 bridgehead atoms. The Bertz CT molecular complexity index is 2230. The average molecular weight is 939 g/mol. The number of hydrogen-bond donors (Lipinski definition) is 0. The molecule has 63 heavy (non-hydrogen) atoms. The standard InChI is InChI=1S/C40H28F17N2O3P/c1-2-22-59(25-31(60)62-23-21-33(41,42)34(43,44)35(45,46)36(47,48)37(49,50)38(51,52)39(53,54)40(55,56)57)32(61)26-13-12-14-27(24-26)58-63(28-15-6-3-7-16-28,29-17-8-4-9-18-29)30-19-10-5-11-20-30/h1,3-20,24H,21-23,25H2. The van der Waals surface area contributed by atoms with E-state index in [1.54, 1.807) is 60.7 Å². The van der Waals surface area contributed by atoms with Gasteiger partial charge in [0, 0.05) is 21.5 Å². The van der Waals surface area contributed by atoms with Crippen molar-refractivity contribution in [2.45, 2.75) is 54.1 Å². The molecule has 4 rings (SSSR count). The lowest BCUT2D eigenvalue weighted by atomic mass is 9.88. The molecule has 0 saturated heterocycles. The number of carbonyl (C=O) groups is 2. The van der Waals surface area contributed by atoms with Gasteiger partial charge in [-0.3, -0.25) is 14.3 Å². The zero-order valence-electron chi connectivity index (χ0n) is 31.4. The van der Waals surface area contributed by atoms with Crippen molar-refractivity contribution in [3.8, 4) is 12.3 Å². The zero-order valence-corrected chi connectivity index (χ0v) is 32.3. The summed E-state index contributed by atoms with van der Waals surface area (Å²) in [6.45, 7) is -4.23. The summed E-state index contributed by atoms with van der Waals surface area (Å²) in [6.07, 6.45) is -5.58. The molecule has 1 amide bonds. The lowest BCUT2D eigenvalue weighted by Crippen LogP contribution is -2.74. The minimum absolute atomic E-state index is 0.198. The molecule has 0 aromatic heterocycles. The first-order valence-corrected chi connectivity index (χ1v) is 19.2. The lowest BCUT2D eigenvalue weighted by molar-refractivity contribution is -0.461. The zero-order chi connectivity index (χ0) is 47.5. The molecule has 0 heterocycles. The molecule has 5 nitrogen and oxygen atoms in total. The van der Waals surface area contributed by atoms with E-state index in [2.05, 4.69) is 4.74 Å². The number of hydrogen-bond acceptors (Lipinski definition) is 4. The highest BCUT2D eigenvalue weighted by molar-refractivity contribution is 7.87. The van der Waals surface area contributed by atoms with E-state index in [9.17, 15) is 84.2 Å². The smallest absolute Gasteiger partial charge is 0.460 e. The van der Waals surface area contributed by atoms with Crippen LogP contribution < -0.4 is 15.9 Å². The first kappa shape index (κ1) is 50.1. The van der Waals surface area contributed by atoms with E-state index in [1.807, 2.05) is 42.3 Å². The molecular weight excluding hydrogens is 910 g/mol. The summed E-state index contributed by atoms with van der Waals surface area (Å²) in [5, 5.41) is 2.38. The predicted octanol–water partition coefficient (Wildman–Crippen LogP) is 10.5. The van der Waals surface area contributed by atoms with Crippen LogP contribution in [0.2, 0.25) is 0 Å². The van der Waals surface area contributed by atoms with Crippen molar-refractivity contribution in [3.05, 3.63) is 121 Å². The molecule has 0 aliphatic carbocycles. The highest BCUT2D eigenvalue weighted by Crippen LogP contribution is 2.64. The minimum atomic E-state index is -8.77. The molecule has 0 spiro atoms. The lowest BCUT2D eigenvalue weighted by Gasteiger charge is -2.42. The Morgan fingerprint density at radius 1 is 0.571 bits per heavy atom. The van der Waals surface area contributed by atoms with E-state index >= 15 is 0 Å². The molecule has 0 aliphatic rings. The van der Waals surface area contributed by atoms with Crippen molar-refractivity contribution < 1.29 is 89.0 Å². The molecule has 0 saturated carbocycles. The monoisotopic (exact) mass is 938 g/mol. The Kier molecular flexibility index (Phi) is 14.2. The molecule has 0 atom stereocenters. The molecule has 23 heteroatoms. The summed E-state index contributed by atoms with van der Waals surface area (Å²) in [4.78, 5) is 26.7. The second-order valence-corrected chi connectivity index (χ2v) is 16.3. The maximum atomic E-state index is 14.4. The Morgan fingerprint density at radius 3 is 1.40 bits per heavy atom. The summed E-state index contributed by atoms with van der Waals surface area (Å²) in [5.74, 6) is -58.5. The van der Waals surface area contributed by atoms with Crippen LogP contribution in [0.25, 0.3) is 0 Å². The van der Waals surface area contributed by atoms with E-state index in [0.717, 1.165) is 15.9 Å². The number of terminal acetylenes is 1. The number of carbonyl (C=O) groups excluding carboxylic acids is 2. The van der Waals surface area contributed by atoms with Gasteiger partial charge in [0.25, 0.3) is 5.91 Å². The van der Waals surface area contributed by atoms with E-state index in [0.29, 0.717) is 4.90 Å². The molecule has 0 unspecified atom stereocenters. The Hall–Kier alpha value is -5.58. The summed E-state index contributed by atoms with van der Waals surface area (Å²) in [5.41, 5.74) is 0.0198. The van der Waals surface area contributed by atoms with Crippen molar-refractivity contribution >= 4 is 40.5 Å². The van der Waals surface area contributed by atoms with Gasteiger partial charge < -0.3 is 9.64 Å². The molecule has 4 aromatic rings. The van der Waals surface area contributed by atoms with Gasteiger partial charge in [0.15, 0.2) is 0 Å². The third-order valence-electron chi connectivity index (χ3n) is 9.10. The first-order valence-electron chi connectivity index (χ1n) is 17.5. The van der Waals surface area contributed by atoms with Gasteiger partial charge in [-0.25, -0.2) is 0 Å². The topological polar surface area (TPSA) is 59.0 Å². The van der Waals surface area contributed by atoms with Crippen LogP contribution >= 0.6 is 7.05 Å². The fourth-order valence-electron chi connectivity index (χ4n) is 5.77. The highest BCUT2D eigenvalue weighted by Gasteiger charge is 2.95. The van der Waals surface area contributed by atoms with Crippen LogP contribution in [0.15, 0.2) is 120 Å². The molecule has 340 valence electrons. The third kappa shape index (κ3) is 8.98.